The van der Waals surface area contributed by atoms with Crippen LogP contribution in [0, 0.1) is 5.82 Å². The van der Waals surface area contributed by atoms with Crippen LogP contribution in [-0.2, 0) is 6.42 Å². The molecule has 0 unspecified atom stereocenters. The molecule has 0 fully saturated rings. The van der Waals surface area contributed by atoms with Gasteiger partial charge in [0.2, 0.25) is 0 Å². The van der Waals surface area contributed by atoms with E-state index < -0.39 is 0 Å². The zero-order valence-corrected chi connectivity index (χ0v) is 17.2. The van der Waals surface area contributed by atoms with Gasteiger partial charge in [-0.1, -0.05) is 47.7 Å². The number of hydrogen-bond donors (Lipinski definition) is 0. The fraction of sp³-hybridized carbons (Fsp3) is 0.120. The summed E-state index contributed by atoms with van der Waals surface area (Å²) in [6, 6.07) is 18.0. The van der Waals surface area contributed by atoms with Crippen LogP contribution in [0.3, 0.4) is 0 Å². The van der Waals surface area contributed by atoms with Gasteiger partial charge in [-0.3, -0.25) is 9.36 Å². The van der Waals surface area contributed by atoms with Crippen LogP contribution in [0.25, 0.3) is 11.8 Å². The molecule has 1 aliphatic heterocycles. The Morgan fingerprint density at radius 1 is 1.06 bits per heavy atom. The molecule has 3 heterocycles. The molecule has 0 spiro atoms. The Balaban J connectivity index is 1.65. The van der Waals surface area contributed by atoms with Crippen molar-refractivity contribution >= 4 is 23.1 Å². The number of hydrogen-bond acceptors (Lipinski definition) is 4. The van der Waals surface area contributed by atoms with E-state index in [4.69, 9.17) is 9.41 Å². The van der Waals surface area contributed by atoms with Crippen LogP contribution < -0.4 is 14.9 Å². The second-order valence-electron chi connectivity index (χ2n) is 7.68. The number of fused-ring (bicyclic) bond motifs is 3. The molecule has 0 N–H and O–H groups in total. The molecular weight excluding hydrogens is 411 g/mol. The maximum atomic E-state index is 13.7. The first-order valence-corrected chi connectivity index (χ1v) is 10.9. The number of allylic oxidation sites excluding steroid dienone is 1. The van der Waals surface area contributed by atoms with Crippen molar-refractivity contribution in [3.63, 3.8) is 0 Å². The molecule has 31 heavy (non-hydrogen) atoms. The van der Waals surface area contributed by atoms with Gasteiger partial charge < -0.3 is 4.42 Å². The van der Waals surface area contributed by atoms with E-state index in [2.05, 4.69) is 12.1 Å². The molecule has 0 radical (unpaired) electrons. The lowest BCUT2D eigenvalue weighted by molar-refractivity contribution is 0.556. The lowest BCUT2D eigenvalue weighted by Gasteiger charge is -2.30. The van der Waals surface area contributed by atoms with Crippen molar-refractivity contribution in [3.8, 4) is 0 Å². The molecule has 0 saturated heterocycles. The highest BCUT2D eigenvalue weighted by Gasteiger charge is 2.32. The molecule has 6 rings (SSSR count). The molecule has 4 nitrogen and oxygen atoms in total. The molecular formula is C25H17FN2O2S. The van der Waals surface area contributed by atoms with Gasteiger partial charge in [-0.25, -0.2) is 9.38 Å². The third-order valence-electron chi connectivity index (χ3n) is 5.88. The number of furan rings is 1. The van der Waals surface area contributed by atoms with Crippen LogP contribution in [-0.4, -0.2) is 4.57 Å². The van der Waals surface area contributed by atoms with E-state index in [9.17, 15) is 9.18 Å². The maximum Gasteiger partial charge on any atom is 0.271 e. The molecule has 152 valence electrons. The Morgan fingerprint density at radius 2 is 1.90 bits per heavy atom. The molecule has 0 amide bonds. The average Bonchev–Trinajstić information content (AvgIpc) is 3.41. The fourth-order valence-corrected chi connectivity index (χ4v) is 5.45. The Kier molecular flexibility index (Phi) is 4.14. The highest BCUT2D eigenvalue weighted by atomic mass is 32.1. The molecule has 2 aliphatic rings. The smallest absolute Gasteiger partial charge is 0.271 e. The normalized spacial score (nSPS) is 17.7. The molecule has 0 bridgehead atoms. The predicted octanol–water partition coefficient (Wildman–Crippen LogP) is 4.05. The average molecular weight is 428 g/mol. The van der Waals surface area contributed by atoms with Gasteiger partial charge in [-0.2, -0.15) is 0 Å². The third-order valence-corrected chi connectivity index (χ3v) is 6.86. The van der Waals surface area contributed by atoms with E-state index in [1.165, 1.54) is 29.0 Å². The number of nitrogens with zero attached hydrogens (tertiary/aromatic N) is 2. The Bertz CT molecular complexity index is 1510. The van der Waals surface area contributed by atoms with Crippen molar-refractivity contribution < 1.29 is 8.81 Å². The number of aryl methyl sites for hydroxylation is 1. The molecule has 6 heteroatoms. The highest BCUT2D eigenvalue weighted by Crippen LogP contribution is 2.41. The van der Waals surface area contributed by atoms with E-state index in [1.807, 2.05) is 18.2 Å². The fourth-order valence-electron chi connectivity index (χ4n) is 4.47. The van der Waals surface area contributed by atoms with E-state index >= 15 is 0 Å². The minimum Gasteiger partial charge on any atom is -0.465 e. The van der Waals surface area contributed by atoms with Gasteiger partial charge in [0, 0.05) is 11.6 Å². The first kappa shape index (κ1) is 18.3. The Labute approximate surface area is 180 Å². The zero-order chi connectivity index (χ0) is 20.9. The monoisotopic (exact) mass is 428 g/mol. The molecule has 4 aromatic rings. The minimum atomic E-state index is -0.307. The van der Waals surface area contributed by atoms with Crippen LogP contribution in [0.2, 0.25) is 0 Å². The summed E-state index contributed by atoms with van der Waals surface area (Å²) in [7, 11) is 0. The van der Waals surface area contributed by atoms with Gasteiger partial charge in [-0.15, -0.1) is 0 Å². The maximum absolute atomic E-state index is 13.7. The molecule has 1 atom stereocenters. The van der Waals surface area contributed by atoms with Crippen molar-refractivity contribution in [2.24, 2.45) is 4.99 Å². The van der Waals surface area contributed by atoms with Gasteiger partial charge in [0.1, 0.15) is 11.6 Å². The van der Waals surface area contributed by atoms with Crippen molar-refractivity contribution in [1.29, 1.82) is 0 Å². The van der Waals surface area contributed by atoms with Crippen molar-refractivity contribution in [1.82, 2.24) is 4.57 Å². The van der Waals surface area contributed by atoms with Crippen LogP contribution in [0.5, 0.6) is 0 Å². The number of benzene rings is 2. The topological polar surface area (TPSA) is 47.5 Å². The third kappa shape index (κ3) is 2.94. The first-order chi connectivity index (χ1) is 15.2. The number of aromatic nitrogens is 1. The van der Waals surface area contributed by atoms with E-state index in [-0.39, 0.29) is 17.4 Å². The van der Waals surface area contributed by atoms with Gasteiger partial charge in [-0.05, 0) is 53.8 Å². The van der Waals surface area contributed by atoms with Gasteiger partial charge >= 0.3 is 0 Å². The lowest BCUT2D eigenvalue weighted by Crippen LogP contribution is -2.38. The van der Waals surface area contributed by atoms with E-state index in [0.717, 1.165) is 35.2 Å². The number of thiazole rings is 1. The summed E-state index contributed by atoms with van der Waals surface area (Å²) < 4.78 is 21.4. The second-order valence-corrected chi connectivity index (χ2v) is 8.69. The minimum absolute atomic E-state index is 0.111. The zero-order valence-electron chi connectivity index (χ0n) is 16.4. The molecule has 1 aliphatic carbocycles. The first-order valence-electron chi connectivity index (χ1n) is 10.1. The van der Waals surface area contributed by atoms with Gasteiger partial charge in [0.15, 0.2) is 4.80 Å². The van der Waals surface area contributed by atoms with E-state index in [0.29, 0.717) is 15.1 Å². The number of halogens is 1. The Hall–Kier alpha value is -3.51. The lowest BCUT2D eigenvalue weighted by atomic mass is 9.83. The van der Waals surface area contributed by atoms with Gasteiger partial charge in [0.05, 0.1) is 22.5 Å². The summed E-state index contributed by atoms with van der Waals surface area (Å²) >= 11 is 1.35. The molecule has 2 aromatic carbocycles. The van der Waals surface area contributed by atoms with Crippen molar-refractivity contribution in [3.05, 3.63) is 120 Å². The summed E-state index contributed by atoms with van der Waals surface area (Å²) in [6.07, 6.45) is 5.03. The van der Waals surface area contributed by atoms with Crippen LogP contribution in [0.15, 0.2) is 86.7 Å². The van der Waals surface area contributed by atoms with Crippen molar-refractivity contribution in [2.45, 2.75) is 18.9 Å². The largest absolute Gasteiger partial charge is 0.465 e. The summed E-state index contributed by atoms with van der Waals surface area (Å²) in [5.74, 6) is 0.329. The van der Waals surface area contributed by atoms with Crippen LogP contribution >= 0.6 is 11.3 Å². The standard InChI is InChI=1S/C25H17FN2O2S/c26-17-10-7-16(8-11-17)23-20-12-9-15-4-1-2-6-19(15)22(20)27-25-28(23)24(29)21(31-25)14-18-5-3-13-30-18/h1-8,10-11,13-14,23H,9,12H2/b21-14+/t23-/m0/s1. The van der Waals surface area contributed by atoms with Crippen molar-refractivity contribution in [2.75, 3.05) is 0 Å². The summed E-state index contributed by atoms with van der Waals surface area (Å²) in [4.78, 5) is 19.0. The Morgan fingerprint density at radius 3 is 2.71 bits per heavy atom. The van der Waals surface area contributed by atoms with Crippen LogP contribution in [0.1, 0.15) is 34.9 Å². The molecule has 0 saturated carbocycles. The summed E-state index contributed by atoms with van der Waals surface area (Å²) in [5, 5.41) is 0. The summed E-state index contributed by atoms with van der Waals surface area (Å²) in [6.45, 7) is 0. The second kappa shape index (κ2) is 7.03. The predicted molar refractivity (Wildman–Crippen MR) is 118 cm³/mol. The molecule has 2 aromatic heterocycles. The van der Waals surface area contributed by atoms with E-state index in [1.54, 1.807) is 35.1 Å². The summed E-state index contributed by atoms with van der Waals surface area (Å²) in [5.41, 5.74) is 5.18. The number of rotatable bonds is 2. The highest BCUT2D eigenvalue weighted by molar-refractivity contribution is 7.07. The SMILES string of the molecule is O=c1/c(=C\c2ccco2)sc2n1[C@@H](c1ccc(F)cc1)C1=C(N=2)c2ccccc2CC1. The van der Waals surface area contributed by atoms with Gasteiger partial charge in [0.25, 0.3) is 5.56 Å². The van der Waals surface area contributed by atoms with Crippen LogP contribution in [0.4, 0.5) is 4.39 Å². The quantitative estimate of drug-likeness (QED) is 0.484.